The highest BCUT2D eigenvalue weighted by Crippen LogP contribution is 2.13. The molecule has 0 aromatic heterocycles. The Bertz CT molecular complexity index is 240. The molecule has 1 N–H and O–H groups in total. The number of nitrogens with zero attached hydrogens (tertiary/aromatic N) is 1. The van der Waals surface area contributed by atoms with E-state index in [-0.39, 0.29) is 11.8 Å². The van der Waals surface area contributed by atoms with Gasteiger partial charge in [-0.05, 0) is 25.8 Å². The number of hydrogen-bond donors (Lipinski definition) is 1. The highest BCUT2D eigenvalue weighted by Gasteiger charge is 2.24. The summed E-state index contributed by atoms with van der Waals surface area (Å²) in [5.41, 5.74) is 0. The molecular weight excluding hydrogens is 228 g/mol. The van der Waals surface area contributed by atoms with Gasteiger partial charge in [0.05, 0.1) is 6.61 Å². The Kier molecular flexibility index (Phi) is 7.28. The average Bonchev–Trinajstić information content (AvgIpc) is 2.86. The molecule has 1 rings (SSSR count). The number of nitrogens with one attached hydrogen (secondary N) is 1. The van der Waals surface area contributed by atoms with Crippen molar-refractivity contribution in [2.45, 2.75) is 45.6 Å². The monoisotopic (exact) mass is 256 g/mol. The van der Waals surface area contributed by atoms with Crippen LogP contribution in [0, 0.1) is 5.92 Å². The van der Waals surface area contributed by atoms with Gasteiger partial charge < -0.3 is 15.0 Å². The van der Waals surface area contributed by atoms with Crippen molar-refractivity contribution in [2.24, 2.45) is 5.92 Å². The lowest BCUT2D eigenvalue weighted by Gasteiger charge is -2.28. The van der Waals surface area contributed by atoms with Crippen LogP contribution < -0.4 is 5.32 Å². The summed E-state index contributed by atoms with van der Waals surface area (Å²) in [6.45, 7) is 7.41. The van der Waals surface area contributed by atoms with Crippen LogP contribution in [-0.2, 0) is 9.53 Å². The third kappa shape index (κ3) is 4.94. The first kappa shape index (κ1) is 15.4. The number of ether oxygens (including phenoxy) is 1. The first-order valence-corrected chi connectivity index (χ1v) is 7.20. The van der Waals surface area contributed by atoms with Crippen molar-refractivity contribution in [3.05, 3.63) is 0 Å². The summed E-state index contributed by atoms with van der Waals surface area (Å²) in [5.74, 6) is 0.413. The van der Waals surface area contributed by atoms with E-state index < -0.39 is 0 Å². The van der Waals surface area contributed by atoms with Gasteiger partial charge in [0.25, 0.3) is 0 Å². The lowest BCUT2D eigenvalue weighted by atomic mass is 10.0. The molecule has 106 valence electrons. The van der Waals surface area contributed by atoms with Gasteiger partial charge in [0.1, 0.15) is 0 Å². The predicted octanol–water partition coefficient (Wildman–Crippen LogP) is 1.65. The quantitative estimate of drug-likeness (QED) is 0.718. The number of amides is 1. The molecule has 0 spiro atoms. The predicted molar refractivity (Wildman–Crippen MR) is 73.6 cm³/mol. The number of hydrogen-bond acceptors (Lipinski definition) is 3. The topological polar surface area (TPSA) is 41.6 Å². The maximum absolute atomic E-state index is 12.4. The van der Waals surface area contributed by atoms with E-state index in [0.717, 1.165) is 25.9 Å². The average molecular weight is 256 g/mol. The number of carbonyl (C=O) groups is 1. The summed E-state index contributed by atoms with van der Waals surface area (Å²) in [6, 6.07) is 0.472. The summed E-state index contributed by atoms with van der Waals surface area (Å²) >= 11 is 0. The highest BCUT2D eigenvalue weighted by atomic mass is 16.5. The molecule has 0 saturated carbocycles. The lowest BCUT2D eigenvalue weighted by Crippen LogP contribution is -2.44. The normalized spacial score (nSPS) is 20.9. The maximum atomic E-state index is 12.4. The summed E-state index contributed by atoms with van der Waals surface area (Å²) in [6.07, 6.45) is 4.44. The van der Waals surface area contributed by atoms with Crippen LogP contribution in [0.1, 0.15) is 39.5 Å². The van der Waals surface area contributed by atoms with Crippen LogP contribution in [0.5, 0.6) is 0 Å². The molecule has 0 bridgehead atoms. The van der Waals surface area contributed by atoms with E-state index in [4.69, 9.17) is 4.74 Å². The smallest absolute Gasteiger partial charge is 0.225 e. The third-order valence-corrected chi connectivity index (χ3v) is 3.62. The van der Waals surface area contributed by atoms with Crippen LogP contribution in [0.15, 0.2) is 0 Å². The molecule has 18 heavy (non-hydrogen) atoms. The summed E-state index contributed by atoms with van der Waals surface area (Å²) in [4.78, 5) is 14.3. The molecule has 1 aliphatic heterocycles. The lowest BCUT2D eigenvalue weighted by molar-refractivity contribution is -0.136. The van der Waals surface area contributed by atoms with Crippen molar-refractivity contribution in [1.29, 1.82) is 0 Å². The second-order valence-corrected chi connectivity index (χ2v) is 5.26. The molecule has 0 radical (unpaired) electrons. The minimum Gasteiger partial charge on any atom is -0.383 e. The Balaban J connectivity index is 2.49. The first-order chi connectivity index (χ1) is 8.69. The highest BCUT2D eigenvalue weighted by molar-refractivity contribution is 5.78. The summed E-state index contributed by atoms with van der Waals surface area (Å²) in [7, 11) is 1.69. The molecule has 4 heteroatoms. The molecule has 0 aromatic rings. The van der Waals surface area contributed by atoms with E-state index in [2.05, 4.69) is 12.2 Å². The standard InChI is InChI=1S/C14H28N2O2/c1-4-6-12(2)14(17)16(9-10-18-3)11-13-7-5-8-15-13/h12-13,15H,4-11H2,1-3H3. The van der Waals surface area contributed by atoms with Gasteiger partial charge in [0.2, 0.25) is 5.91 Å². The van der Waals surface area contributed by atoms with Gasteiger partial charge in [-0.2, -0.15) is 0 Å². The van der Waals surface area contributed by atoms with Crippen LogP contribution in [-0.4, -0.2) is 50.2 Å². The van der Waals surface area contributed by atoms with Gasteiger partial charge in [-0.25, -0.2) is 0 Å². The van der Waals surface area contributed by atoms with Crippen molar-refractivity contribution >= 4 is 5.91 Å². The van der Waals surface area contributed by atoms with Crippen LogP contribution >= 0.6 is 0 Å². The molecule has 2 unspecified atom stereocenters. The third-order valence-electron chi connectivity index (χ3n) is 3.62. The Morgan fingerprint density at radius 2 is 2.33 bits per heavy atom. The minimum absolute atomic E-state index is 0.133. The Morgan fingerprint density at radius 3 is 2.89 bits per heavy atom. The summed E-state index contributed by atoms with van der Waals surface area (Å²) < 4.78 is 5.11. The molecule has 1 fully saturated rings. The second-order valence-electron chi connectivity index (χ2n) is 5.26. The number of methoxy groups -OCH3 is 1. The van der Waals surface area contributed by atoms with E-state index in [9.17, 15) is 4.79 Å². The molecule has 1 amide bonds. The van der Waals surface area contributed by atoms with E-state index >= 15 is 0 Å². The van der Waals surface area contributed by atoms with E-state index in [1.807, 2.05) is 11.8 Å². The van der Waals surface area contributed by atoms with E-state index in [0.29, 0.717) is 19.2 Å². The van der Waals surface area contributed by atoms with Gasteiger partial charge in [0.15, 0.2) is 0 Å². The fraction of sp³-hybridized carbons (Fsp3) is 0.929. The Labute approximate surface area is 111 Å². The number of carbonyl (C=O) groups excluding carboxylic acids is 1. The maximum Gasteiger partial charge on any atom is 0.225 e. The molecule has 0 aliphatic carbocycles. The van der Waals surface area contributed by atoms with E-state index in [1.165, 1.54) is 12.8 Å². The van der Waals surface area contributed by atoms with Crippen molar-refractivity contribution in [3.63, 3.8) is 0 Å². The van der Waals surface area contributed by atoms with Crippen LogP contribution in [0.2, 0.25) is 0 Å². The van der Waals surface area contributed by atoms with Gasteiger partial charge in [-0.1, -0.05) is 20.3 Å². The molecule has 0 aromatic carbocycles. The van der Waals surface area contributed by atoms with Gasteiger partial charge in [-0.3, -0.25) is 4.79 Å². The van der Waals surface area contributed by atoms with Gasteiger partial charge in [0, 0.05) is 32.2 Å². The first-order valence-electron chi connectivity index (χ1n) is 7.20. The fourth-order valence-corrected chi connectivity index (χ4v) is 2.54. The van der Waals surface area contributed by atoms with Crippen molar-refractivity contribution in [1.82, 2.24) is 10.2 Å². The largest absolute Gasteiger partial charge is 0.383 e. The molecular formula is C14H28N2O2. The Hall–Kier alpha value is -0.610. The molecule has 1 aliphatic rings. The zero-order valence-electron chi connectivity index (χ0n) is 12.1. The van der Waals surface area contributed by atoms with Crippen molar-refractivity contribution in [2.75, 3.05) is 33.4 Å². The number of rotatable bonds is 8. The second kappa shape index (κ2) is 8.48. The van der Waals surface area contributed by atoms with Crippen LogP contribution in [0.4, 0.5) is 0 Å². The van der Waals surface area contributed by atoms with E-state index in [1.54, 1.807) is 7.11 Å². The SMILES string of the molecule is CCCC(C)C(=O)N(CCOC)CC1CCCN1. The van der Waals surface area contributed by atoms with Crippen LogP contribution in [0.3, 0.4) is 0 Å². The van der Waals surface area contributed by atoms with Crippen molar-refractivity contribution in [3.8, 4) is 0 Å². The molecule has 1 saturated heterocycles. The zero-order chi connectivity index (χ0) is 13.4. The molecule has 4 nitrogen and oxygen atoms in total. The fourth-order valence-electron chi connectivity index (χ4n) is 2.54. The van der Waals surface area contributed by atoms with Crippen molar-refractivity contribution < 1.29 is 9.53 Å². The Morgan fingerprint density at radius 1 is 1.56 bits per heavy atom. The minimum atomic E-state index is 0.133. The van der Waals surface area contributed by atoms with Gasteiger partial charge >= 0.3 is 0 Å². The zero-order valence-corrected chi connectivity index (χ0v) is 12.1. The van der Waals surface area contributed by atoms with Gasteiger partial charge in [-0.15, -0.1) is 0 Å². The molecule has 2 atom stereocenters. The molecule has 1 heterocycles. The van der Waals surface area contributed by atoms with Crippen LogP contribution in [0.25, 0.3) is 0 Å². The summed E-state index contributed by atoms with van der Waals surface area (Å²) in [5, 5.41) is 3.45.